The second-order valence-electron chi connectivity index (χ2n) is 5.73. The second-order valence-corrected chi connectivity index (χ2v) is 5.73. The molecule has 1 aliphatic rings. The van der Waals surface area contributed by atoms with Gasteiger partial charge in [-0.1, -0.05) is 20.8 Å². The summed E-state index contributed by atoms with van der Waals surface area (Å²) in [5.74, 6) is -4.08. The Labute approximate surface area is 132 Å². The normalized spacial score (nSPS) is 27.6. The SMILES string of the molecule is CC(C)(C)C1CCC(C(=O)[O-])C(C(=O)[O-])C1.[Li+].[Li+]. The molecule has 18 heavy (non-hydrogen) atoms. The Bertz CT molecular complexity index is 299. The Morgan fingerprint density at radius 3 is 1.72 bits per heavy atom. The molecule has 0 saturated heterocycles. The first-order chi connectivity index (χ1) is 7.23. The summed E-state index contributed by atoms with van der Waals surface area (Å²) in [7, 11) is 0. The molecule has 0 aromatic carbocycles. The molecule has 6 heteroatoms. The van der Waals surface area contributed by atoms with Crippen molar-refractivity contribution in [1.29, 1.82) is 0 Å². The summed E-state index contributed by atoms with van der Waals surface area (Å²) in [6.07, 6.45) is 1.50. The van der Waals surface area contributed by atoms with Crippen LogP contribution in [-0.4, -0.2) is 11.9 Å². The number of carboxylic acid groups (broad SMARTS) is 2. The van der Waals surface area contributed by atoms with E-state index in [1.807, 2.05) is 20.8 Å². The number of rotatable bonds is 2. The molecule has 0 bridgehead atoms. The van der Waals surface area contributed by atoms with E-state index in [0.717, 1.165) is 6.42 Å². The number of hydrogen-bond acceptors (Lipinski definition) is 4. The van der Waals surface area contributed by atoms with Gasteiger partial charge in [0, 0.05) is 23.8 Å². The van der Waals surface area contributed by atoms with Crippen molar-refractivity contribution in [3.8, 4) is 0 Å². The van der Waals surface area contributed by atoms with Crippen LogP contribution in [0.1, 0.15) is 40.0 Å². The fraction of sp³-hybridized carbons (Fsp3) is 0.833. The first-order valence-electron chi connectivity index (χ1n) is 5.65. The third-order valence-corrected chi connectivity index (χ3v) is 3.68. The van der Waals surface area contributed by atoms with Crippen molar-refractivity contribution in [3.63, 3.8) is 0 Å². The van der Waals surface area contributed by atoms with E-state index < -0.39 is 23.8 Å². The van der Waals surface area contributed by atoms with E-state index in [2.05, 4.69) is 0 Å². The summed E-state index contributed by atoms with van der Waals surface area (Å²) in [6.45, 7) is 6.13. The van der Waals surface area contributed by atoms with Gasteiger partial charge in [0.05, 0.1) is 0 Å². The summed E-state index contributed by atoms with van der Waals surface area (Å²) >= 11 is 0. The summed E-state index contributed by atoms with van der Waals surface area (Å²) in [5, 5.41) is 21.8. The molecule has 1 rings (SSSR count). The quantitative estimate of drug-likeness (QED) is 0.449. The van der Waals surface area contributed by atoms with Crippen LogP contribution in [0.4, 0.5) is 0 Å². The minimum absolute atomic E-state index is 0. The van der Waals surface area contributed by atoms with E-state index in [9.17, 15) is 19.8 Å². The maximum atomic E-state index is 10.9. The molecule has 0 aromatic heterocycles. The molecule has 4 nitrogen and oxygen atoms in total. The molecule has 0 radical (unpaired) electrons. The zero-order valence-corrected chi connectivity index (χ0v) is 12.0. The summed E-state index contributed by atoms with van der Waals surface area (Å²) < 4.78 is 0. The maximum Gasteiger partial charge on any atom is 1.00 e. The van der Waals surface area contributed by atoms with Crippen molar-refractivity contribution < 1.29 is 57.5 Å². The smallest absolute Gasteiger partial charge is 0.550 e. The minimum atomic E-state index is -1.26. The van der Waals surface area contributed by atoms with Crippen LogP contribution in [0.5, 0.6) is 0 Å². The Balaban J connectivity index is 0. The second kappa shape index (κ2) is 7.66. The van der Waals surface area contributed by atoms with Crippen molar-refractivity contribution in [1.82, 2.24) is 0 Å². The van der Waals surface area contributed by atoms with Crippen molar-refractivity contribution in [2.24, 2.45) is 23.2 Å². The van der Waals surface area contributed by atoms with Crippen molar-refractivity contribution >= 4 is 11.9 Å². The standard InChI is InChI=1S/C12H20O4.2Li/c1-12(2,3)7-4-5-8(10(13)14)9(6-7)11(15)16;;/h7-9H,4-6H2,1-3H3,(H,13,14)(H,15,16);;/q;2*+1/p-2. The number of hydrogen-bond donors (Lipinski definition) is 0. The van der Waals surface area contributed by atoms with Gasteiger partial charge >= 0.3 is 37.7 Å². The molecule has 92 valence electrons. The van der Waals surface area contributed by atoms with Gasteiger partial charge in [0.1, 0.15) is 0 Å². The summed E-state index contributed by atoms with van der Waals surface area (Å²) in [4.78, 5) is 21.8. The van der Waals surface area contributed by atoms with E-state index in [1.165, 1.54) is 0 Å². The molecule has 3 unspecified atom stereocenters. The Morgan fingerprint density at radius 1 is 0.944 bits per heavy atom. The molecule has 3 atom stereocenters. The number of carbonyl (C=O) groups is 2. The molecule has 0 amide bonds. The monoisotopic (exact) mass is 240 g/mol. The molecule has 1 saturated carbocycles. The van der Waals surface area contributed by atoms with E-state index in [1.54, 1.807) is 0 Å². The molecule has 0 aromatic rings. The molecular weight excluding hydrogens is 222 g/mol. The van der Waals surface area contributed by atoms with Crippen LogP contribution in [-0.2, 0) is 9.59 Å². The Morgan fingerprint density at radius 2 is 1.39 bits per heavy atom. The zero-order valence-electron chi connectivity index (χ0n) is 12.0. The van der Waals surface area contributed by atoms with Crippen LogP contribution in [0.15, 0.2) is 0 Å². The van der Waals surface area contributed by atoms with Gasteiger partial charge in [0.15, 0.2) is 0 Å². The largest absolute Gasteiger partial charge is 1.00 e. The molecule has 0 N–H and O–H groups in total. The van der Waals surface area contributed by atoms with E-state index in [0.29, 0.717) is 12.8 Å². The Kier molecular flexibility index (Phi) is 8.70. The predicted octanol–water partition coefficient (Wildman–Crippen LogP) is -6.43. The average molecular weight is 240 g/mol. The number of carboxylic acids is 2. The number of carbonyl (C=O) groups excluding carboxylic acids is 2. The van der Waals surface area contributed by atoms with Crippen molar-refractivity contribution in [2.75, 3.05) is 0 Å². The average Bonchev–Trinajstić information content (AvgIpc) is 2.15. The Hall–Kier alpha value is 0.135. The minimum Gasteiger partial charge on any atom is -0.550 e. The van der Waals surface area contributed by atoms with Gasteiger partial charge in [-0.2, -0.15) is 0 Å². The first-order valence-corrected chi connectivity index (χ1v) is 5.65. The first kappa shape index (κ1) is 20.5. The molecular formula is C12H18Li2O4. The third-order valence-electron chi connectivity index (χ3n) is 3.68. The topological polar surface area (TPSA) is 80.3 Å². The van der Waals surface area contributed by atoms with Crippen molar-refractivity contribution in [3.05, 3.63) is 0 Å². The van der Waals surface area contributed by atoms with Crippen LogP contribution in [0, 0.1) is 23.2 Å². The summed E-state index contributed by atoms with van der Waals surface area (Å²) in [5.41, 5.74) is 0.00457. The fourth-order valence-corrected chi connectivity index (χ4v) is 2.50. The third kappa shape index (κ3) is 5.02. The van der Waals surface area contributed by atoms with E-state index >= 15 is 0 Å². The van der Waals surface area contributed by atoms with Crippen LogP contribution in [0.25, 0.3) is 0 Å². The van der Waals surface area contributed by atoms with Gasteiger partial charge in [-0.15, -0.1) is 0 Å². The van der Waals surface area contributed by atoms with Crippen molar-refractivity contribution in [2.45, 2.75) is 40.0 Å². The summed E-state index contributed by atoms with van der Waals surface area (Å²) in [6, 6.07) is 0. The van der Waals surface area contributed by atoms with Crippen LogP contribution in [0.3, 0.4) is 0 Å². The van der Waals surface area contributed by atoms with Gasteiger partial charge in [-0.05, 0) is 30.6 Å². The van der Waals surface area contributed by atoms with Crippen LogP contribution < -0.4 is 47.9 Å². The van der Waals surface area contributed by atoms with Crippen LogP contribution in [0.2, 0.25) is 0 Å². The fourth-order valence-electron chi connectivity index (χ4n) is 2.50. The molecule has 0 heterocycles. The van der Waals surface area contributed by atoms with E-state index in [-0.39, 0.29) is 49.1 Å². The van der Waals surface area contributed by atoms with Gasteiger partial charge in [0.25, 0.3) is 0 Å². The maximum absolute atomic E-state index is 10.9. The van der Waals surface area contributed by atoms with Gasteiger partial charge in [-0.3, -0.25) is 0 Å². The van der Waals surface area contributed by atoms with Gasteiger partial charge in [0.2, 0.25) is 0 Å². The predicted molar refractivity (Wildman–Crippen MR) is 53.8 cm³/mol. The van der Waals surface area contributed by atoms with Crippen LogP contribution >= 0.6 is 0 Å². The zero-order chi connectivity index (χ0) is 12.5. The molecule has 1 fully saturated rings. The van der Waals surface area contributed by atoms with Gasteiger partial charge < -0.3 is 19.8 Å². The van der Waals surface area contributed by atoms with E-state index in [4.69, 9.17) is 0 Å². The molecule has 1 aliphatic carbocycles. The van der Waals surface area contributed by atoms with Gasteiger partial charge in [-0.25, -0.2) is 0 Å². The number of aliphatic carboxylic acids is 2. The molecule has 0 aliphatic heterocycles. The molecule has 0 spiro atoms.